The summed E-state index contributed by atoms with van der Waals surface area (Å²) in [5, 5.41) is 4.99. The van der Waals surface area contributed by atoms with Gasteiger partial charge in [-0.25, -0.2) is 15.0 Å². The highest BCUT2D eigenvalue weighted by molar-refractivity contribution is 6.10. The first kappa shape index (κ1) is 31.9. The van der Waals surface area contributed by atoms with Gasteiger partial charge < -0.3 is 9.13 Å². The monoisotopic (exact) mass is 695 g/mol. The van der Waals surface area contributed by atoms with Crippen molar-refractivity contribution in [1.82, 2.24) is 24.1 Å². The van der Waals surface area contributed by atoms with Gasteiger partial charge in [0.05, 0.1) is 22.1 Å². The number of hydrogen-bond acceptors (Lipinski definition) is 3. The number of nitrogens with zero attached hydrogens (tertiary/aromatic N) is 5. The summed E-state index contributed by atoms with van der Waals surface area (Å²) in [6.45, 7) is 8.68. The standard InChI is InChI=1S/C49H37N5/c1-30-26-35(53-41-22-12-8-18-37(41)38-19-9-13-23-42(38)53)27-31(2)45(30)48-50-47(34-16-6-5-7-17-34)51-49(52-48)46-32(3)28-36(29-33(46)4)54-43-24-14-10-20-39(43)40-21-11-15-25-44(40)54/h5-29H,1-4H3. The topological polar surface area (TPSA) is 48.5 Å². The first-order valence-corrected chi connectivity index (χ1v) is 18.5. The zero-order valence-corrected chi connectivity index (χ0v) is 30.7. The van der Waals surface area contributed by atoms with E-state index in [1.165, 1.54) is 43.6 Å². The minimum absolute atomic E-state index is 0.658. The van der Waals surface area contributed by atoms with Gasteiger partial charge >= 0.3 is 0 Å². The molecule has 0 saturated heterocycles. The van der Waals surface area contributed by atoms with Crippen LogP contribution in [0.1, 0.15) is 22.3 Å². The first-order chi connectivity index (χ1) is 26.4. The number of aromatic nitrogens is 5. The van der Waals surface area contributed by atoms with Gasteiger partial charge in [-0.15, -0.1) is 0 Å². The summed E-state index contributed by atoms with van der Waals surface area (Å²) in [6.07, 6.45) is 0. The van der Waals surface area contributed by atoms with E-state index >= 15 is 0 Å². The number of rotatable bonds is 5. The summed E-state index contributed by atoms with van der Waals surface area (Å²) in [6, 6.07) is 53.9. The van der Waals surface area contributed by atoms with Crippen LogP contribution < -0.4 is 0 Å². The van der Waals surface area contributed by atoms with E-state index in [1.54, 1.807) is 0 Å². The van der Waals surface area contributed by atoms with Crippen LogP contribution in [0.5, 0.6) is 0 Å². The molecule has 10 aromatic rings. The minimum Gasteiger partial charge on any atom is -0.309 e. The number of fused-ring (bicyclic) bond motifs is 6. The van der Waals surface area contributed by atoms with Crippen LogP contribution in [0.3, 0.4) is 0 Å². The molecule has 5 nitrogen and oxygen atoms in total. The van der Waals surface area contributed by atoms with Crippen molar-refractivity contribution in [3.8, 4) is 45.5 Å². The quantitative estimate of drug-likeness (QED) is 0.180. The molecule has 54 heavy (non-hydrogen) atoms. The summed E-state index contributed by atoms with van der Waals surface area (Å²) in [5.41, 5.74) is 14.4. The van der Waals surface area contributed by atoms with Gasteiger partial charge in [0.25, 0.3) is 0 Å². The average molecular weight is 696 g/mol. The van der Waals surface area contributed by atoms with Gasteiger partial charge in [-0.1, -0.05) is 103 Å². The van der Waals surface area contributed by atoms with Crippen LogP contribution in [0, 0.1) is 27.7 Å². The Morgan fingerprint density at radius 1 is 0.333 bits per heavy atom. The van der Waals surface area contributed by atoms with Crippen LogP contribution in [-0.4, -0.2) is 24.1 Å². The normalized spacial score (nSPS) is 11.7. The second kappa shape index (κ2) is 12.4. The van der Waals surface area contributed by atoms with Crippen LogP contribution >= 0.6 is 0 Å². The van der Waals surface area contributed by atoms with E-state index in [0.717, 1.165) is 50.3 Å². The highest BCUT2D eigenvalue weighted by Crippen LogP contribution is 2.38. The van der Waals surface area contributed by atoms with Crippen LogP contribution in [-0.2, 0) is 0 Å². The lowest BCUT2D eigenvalue weighted by atomic mass is 9.99. The smallest absolute Gasteiger partial charge is 0.164 e. The zero-order chi connectivity index (χ0) is 36.5. The Balaban J connectivity index is 1.15. The Labute approximate surface area is 313 Å². The Morgan fingerprint density at radius 2 is 0.630 bits per heavy atom. The van der Waals surface area contributed by atoms with E-state index in [2.05, 4.69) is 170 Å². The van der Waals surface area contributed by atoms with Gasteiger partial charge in [0.2, 0.25) is 0 Å². The second-order valence-corrected chi connectivity index (χ2v) is 14.3. The largest absolute Gasteiger partial charge is 0.309 e. The van der Waals surface area contributed by atoms with Crippen LogP contribution in [0.25, 0.3) is 89.2 Å². The number of aryl methyl sites for hydroxylation is 4. The number of benzene rings is 7. The maximum atomic E-state index is 5.29. The van der Waals surface area contributed by atoms with Crippen molar-refractivity contribution in [2.75, 3.05) is 0 Å². The van der Waals surface area contributed by atoms with Crippen LogP contribution in [0.2, 0.25) is 0 Å². The third-order valence-corrected chi connectivity index (χ3v) is 10.8. The molecule has 0 unspecified atom stereocenters. The molecule has 0 N–H and O–H groups in total. The molecular weight excluding hydrogens is 659 g/mol. The minimum atomic E-state index is 0.658. The third-order valence-electron chi connectivity index (χ3n) is 10.8. The molecule has 0 aliphatic carbocycles. The van der Waals surface area contributed by atoms with Gasteiger partial charge in [-0.3, -0.25) is 0 Å². The molecule has 0 saturated carbocycles. The predicted molar refractivity (Wildman–Crippen MR) is 224 cm³/mol. The van der Waals surface area contributed by atoms with E-state index in [1.807, 2.05) is 18.2 Å². The molecular formula is C49H37N5. The highest BCUT2D eigenvalue weighted by Gasteiger charge is 2.21. The van der Waals surface area contributed by atoms with E-state index < -0.39 is 0 Å². The third kappa shape index (κ3) is 4.96. The Bertz CT molecular complexity index is 2750. The number of hydrogen-bond donors (Lipinski definition) is 0. The molecule has 258 valence electrons. The van der Waals surface area contributed by atoms with Crippen LogP contribution in [0.15, 0.2) is 152 Å². The van der Waals surface area contributed by atoms with Gasteiger partial charge in [0, 0.05) is 49.6 Å². The van der Waals surface area contributed by atoms with Gasteiger partial charge in [0.1, 0.15) is 0 Å². The fourth-order valence-corrected chi connectivity index (χ4v) is 8.56. The average Bonchev–Trinajstić information content (AvgIpc) is 3.71. The highest BCUT2D eigenvalue weighted by atomic mass is 15.0. The first-order valence-electron chi connectivity index (χ1n) is 18.5. The fourth-order valence-electron chi connectivity index (χ4n) is 8.56. The molecule has 3 aromatic heterocycles. The molecule has 0 fully saturated rings. The molecule has 0 atom stereocenters. The Morgan fingerprint density at radius 3 is 0.981 bits per heavy atom. The maximum absolute atomic E-state index is 5.29. The summed E-state index contributed by atoms with van der Waals surface area (Å²) in [7, 11) is 0. The van der Waals surface area contributed by atoms with Crippen molar-refractivity contribution >= 4 is 43.6 Å². The lowest BCUT2D eigenvalue weighted by Gasteiger charge is -2.17. The molecule has 3 heterocycles. The van der Waals surface area contributed by atoms with Crippen molar-refractivity contribution in [3.63, 3.8) is 0 Å². The van der Waals surface area contributed by atoms with E-state index in [0.29, 0.717) is 17.5 Å². The van der Waals surface area contributed by atoms with Gasteiger partial charge in [0.15, 0.2) is 17.5 Å². The van der Waals surface area contributed by atoms with Crippen molar-refractivity contribution < 1.29 is 0 Å². The summed E-state index contributed by atoms with van der Waals surface area (Å²) >= 11 is 0. The lowest BCUT2D eigenvalue weighted by molar-refractivity contribution is 1.05. The Hall–Kier alpha value is -6.85. The van der Waals surface area contributed by atoms with Crippen LogP contribution in [0.4, 0.5) is 0 Å². The molecule has 7 aromatic carbocycles. The molecule has 0 bridgehead atoms. The number of para-hydroxylation sites is 4. The van der Waals surface area contributed by atoms with Crippen molar-refractivity contribution in [1.29, 1.82) is 0 Å². The molecule has 0 radical (unpaired) electrons. The SMILES string of the molecule is Cc1cc(-n2c3ccccc3c3ccccc32)cc(C)c1-c1nc(-c2ccccc2)nc(-c2c(C)cc(-n3c4ccccc4c4ccccc43)cc2C)n1. The van der Waals surface area contributed by atoms with Crippen molar-refractivity contribution in [2.45, 2.75) is 27.7 Å². The zero-order valence-electron chi connectivity index (χ0n) is 30.7. The van der Waals surface area contributed by atoms with E-state index in [-0.39, 0.29) is 0 Å². The summed E-state index contributed by atoms with van der Waals surface area (Å²) < 4.78 is 4.74. The lowest BCUT2D eigenvalue weighted by Crippen LogP contribution is -2.05. The maximum Gasteiger partial charge on any atom is 0.164 e. The summed E-state index contributed by atoms with van der Waals surface area (Å²) in [5.74, 6) is 2.01. The molecule has 0 aliphatic rings. The molecule has 0 amide bonds. The molecule has 0 spiro atoms. The van der Waals surface area contributed by atoms with E-state index in [9.17, 15) is 0 Å². The van der Waals surface area contributed by atoms with Crippen molar-refractivity contribution in [2.24, 2.45) is 0 Å². The predicted octanol–water partition coefficient (Wildman–Crippen LogP) is 12.3. The van der Waals surface area contributed by atoms with E-state index in [4.69, 9.17) is 15.0 Å². The molecule has 0 aliphatic heterocycles. The molecule has 10 rings (SSSR count). The Kier molecular flexibility index (Phi) is 7.31. The van der Waals surface area contributed by atoms with Crippen molar-refractivity contribution in [3.05, 3.63) is 174 Å². The summed E-state index contributed by atoms with van der Waals surface area (Å²) in [4.78, 5) is 15.6. The van der Waals surface area contributed by atoms with Gasteiger partial charge in [-0.05, 0) is 98.5 Å². The fraction of sp³-hybridized carbons (Fsp3) is 0.0816. The van der Waals surface area contributed by atoms with Gasteiger partial charge in [-0.2, -0.15) is 0 Å². The molecule has 5 heteroatoms. The second-order valence-electron chi connectivity index (χ2n) is 14.3.